The van der Waals surface area contributed by atoms with Gasteiger partial charge in [0.2, 0.25) is 0 Å². The lowest BCUT2D eigenvalue weighted by Gasteiger charge is -2.44. The van der Waals surface area contributed by atoms with E-state index >= 15 is 0 Å². The van der Waals surface area contributed by atoms with Crippen molar-refractivity contribution in [1.82, 2.24) is 19.5 Å². The van der Waals surface area contributed by atoms with Crippen molar-refractivity contribution in [3.63, 3.8) is 0 Å². The molecule has 2 aromatic rings. The zero-order valence-corrected chi connectivity index (χ0v) is 24.9. The lowest BCUT2D eigenvalue weighted by molar-refractivity contribution is -0.0493. The maximum Gasteiger partial charge on any atom is 0.192 e. The number of ether oxygens (including phenoxy) is 1. The lowest BCUT2D eigenvalue weighted by atomic mass is 10.1. The number of aliphatic hydroxyl groups is 1. The summed E-state index contributed by atoms with van der Waals surface area (Å²) in [4.78, 5) is 13.2. The molecule has 0 unspecified atom stereocenters. The Morgan fingerprint density at radius 1 is 1.06 bits per heavy atom. The number of nitrogen functional groups attached to an aromatic ring is 1. The summed E-state index contributed by atoms with van der Waals surface area (Å²) in [6, 6.07) is 0. The molecule has 0 aliphatic carbocycles. The van der Waals surface area contributed by atoms with Crippen LogP contribution in [0.25, 0.3) is 17.2 Å². The summed E-state index contributed by atoms with van der Waals surface area (Å²) in [5, 5.41) is 10.3. The summed E-state index contributed by atoms with van der Waals surface area (Å²) in [5.74, 6) is 0.829. The highest BCUT2D eigenvalue weighted by Crippen LogP contribution is 2.46. The Bertz CT molecular complexity index is 1070. The van der Waals surface area contributed by atoms with Gasteiger partial charge in [0.05, 0.1) is 6.61 Å². The minimum Gasteiger partial charge on any atom is -0.408 e. The van der Waals surface area contributed by atoms with Gasteiger partial charge in [-0.25, -0.2) is 15.0 Å². The number of aliphatic hydroxyl groups excluding tert-OH is 1. The highest BCUT2D eigenvalue weighted by atomic mass is 28.4. The minimum atomic E-state index is -2.28. The molecule has 0 radical (unpaired) electrons. The number of hydrogen-bond acceptors (Lipinski definition) is 8. The predicted octanol–water partition coefficient (Wildman–Crippen LogP) is 4.72. The van der Waals surface area contributed by atoms with E-state index in [1.165, 1.54) is 6.33 Å². The van der Waals surface area contributed by atoms with Gasteiger partial charge in [-0.3, -0.25) is 4.57 Å². The summed E-state index contributed by atoms with van der Waals surface area (Å²) >= 11 is 0. The molecule has 35 heavy (non-hydrogen) atoms. The molecule has 0 saturated carbocycles. The van der Waals surface area contributed by atoms with Crippen molar-refractivity contribution >= 4 is 39.7 Å². The number of anilines is 1. The van der Waals surface area contributed by atoms with Crippen LogP contribution in [0.15, 0.2) is 12.9 Å². The highest BCUT2D eigenvalue weighted by molar-refractivity contribution is 6.74. The van der Waals surface area contributed by atoms with Gasteiger partial charge in [-0.15, -0.1) is 0 Å². The molecule has 3 rings (SSSR count). The molecule has 11 heteroatoms. The van der Waals surface area contributed by atoms with Crippen LogP contribution in [0.5, 0.6) is 0 Å². The first-order chi connectivity index (χ1) is 15.9. The molecule has 3 heterocycles. The fourth-order valence-electron chi connectivity index (χ4n) is 3.70. The molecule has 0 amide bonds. The van der Waals surface area contributed by atoms with Gasteiger partial charge in [0.15, 0.2) is 39.8 Å². The molecule has 3 N–H and O–H groups in total. The third-order valence-corrected chi connectivity index (χ3v) is 16.9. The van der Waals surface area contributed by atoms with Gasteiger partial charge in [-0.05, 0) is 42.3 Å². The Labute approximate surface area is 211 Å². The first-order valence-electron chi connectivity index (χ1n) is 12.2. The van der Waals surface area contributed by atoms with E-state index in [9.17, 15) is 5.11 Å². The van der Waals surface area contributed by atoms with Crippen LogP contribution in [0.4, 0.5) is 5.82 Å². The second-order valence-corrected chi connectivity index (χ2v) is 21.9. The fraction of sp³-hybridized carbons (Fsp3) is 0.708. The largest absolute Gasteiger partial charge is 0.408 e. The van der Waals surface area contributed by atoms with E-state index in [-0.39, 0.29) is 22.5 Å². The Morgan fingerprint density at radius 3 is 2.09 bits per heavy atom. The van der Waals surface area contributed by atoms with Crippen LogP contribution >= 0.6 is 0 Å². The molecule has 4 atom stereocenters. The molecule has 1 aliphatic rings. The summed E-state index contributed by atoms with van der Waals surface area (Å²) in [6.07, 6.45) is 0.892. The number of fused-ring (bicyclic) bond motifs is 1. The molecular weight excluding hydrogens is 478 g/mol. The number of aromatic nitrogens is 4. The second-order valence-electron chi connectivity index (χ2n) is 12.4. The molecule has 1 fully saturated rings. The van der Waals surface area contributed by atoms with Gasteiger partial charge in [0.25, 0.3) is 0 Å². The lowest BCUT2D eigenvalue weighted by Crippen LogP contribution is -2.54. The average molecular weight is 522 g/mol. The molecule has 0 bridgehead atoms. The minimum absolute atomic E-state index is 0.0255. The van der Waals surface area contributed by atoms with Crippen LogP contribution in [-0.2, 0) is 13.6 Å². The summed E-state index contributed by atoms with van der Waals surface area (Å²) < 4.78 is 22.3. The second kappa shape index (κ2) is 9.35. The molecule has 9 nitrogen and oxygen atoms in total. The topological polar surface area (TPSA) is 118 Å². The Morgan fingerprint density at radius 2 is 1.60 bits per heavy atom. The third-order valence-electron chi connectivity index (χ3n) is 7.91. The van der Waals surface area contributed by atoms with E-state index in [4.69, 9.17) is 19.3 Å². The number of hydrogen-bond donors (Lipinski definition) is 2. The van der Waals surface area contributed by atoms with Gasteiger partial charge >= 0.3 is 0 Å². The number of nitrogens with zero attached hydrogens (tertiary/aromatic N) is 4. The van der Waals surface area contributed by atoms with Crippen LogP contribution in [0.2, 0.25) is 36.3 Å². The monoisotopic (exact) mass is 521 g/mol. The zero-order chi connectivity index (χ0) is 26.6. The van der Waals surface area contributed by atoms with Gasteiger partial charge in [-0.1, -0.05) is 48.1 Å². The van der Waals surface area contributed by atoms with Crippen molar-refractivity contribution in [3.05, 3.63) is 18.7 Å². The fourth-order valence-corrected chi connectivity index (χ4v) is 6.31. The maximum atomic E-state index is 10.4. The summed E-state index contributed by atoms with van der Waals surface area (Å²) in [5.41, 5.74) is 7.12. The van der Waals surface area contributed by atoms with Crippen LogP contribution in [0.3, 0.4) is 0 Å². The number of nitrogens with two attached hydrogens (primary N) is 1. The van der Waals surface area contributed by atoms with Crippen molar-refractivity contribution < 1.29 is 18.7 Å². The molecule has 1 saturated heterocycles. The van der Waals surface area contributed by atoms with Crippen molar-refractivity contribution in [3.8, 4) is 0 Å². The van der Waals surface area contributed by atoms with Gasteiger partial charge in [0, 0.05) is 0 Å². The van der Waals surface area contributed by atoms with Crippen molar-refractivity contribution in [2.24, 2.45) is 0 Å². The van der Waals surface area contributed by atoms with Crippen molar-refractivity contribution in [2.75, 3.05) is 12.3 Å². The van der Waals surface area contributed by atoms with Crippen LogP contribution < -0.4 is 5.73 Å². The Balaban J connectivity index is 2.20. The first kappa shape index (κ1) is 27.9. The van der Waals surface area contributed by atoms with E-state index in [1.807, 2.05) is 4.57 Å². The normalized spacial score (nSPS) is 24.3. The zero-order valence-electron chi connectivity index (χ0n) is 22.9. The van der Waals surface area contributed by atoms with Crippen LogP contribution in [0, 0.1) is 0 Å². The quantitative estimate of drug-likeness (QED) is 0.503. The van der Waals surface area contributed by atoms with Crippen molar-refractivity contribution in [1.29, 1.82) is 0 Å². The summed E-state index contributed by atoms with van der Waals surface area (Å²) in [6.45, 7) is 25.8. The van der Waals surface area contributed by atoms with E-state index in [2.05, 4.69) is 89.3 Å². The third kappa shape index (κ3) is 5.12. The molecule has 0 spiro atoms. The van der Waals surface area contributed by atoms with E-state index in [1.54, 1.807) is 6.08 Å². The molecule has 196 valence electrons. The van der Waals surface area contributed by atoms with E-state index < -0.39 is 41.2 Å². The SMILES string of the molecule is C=Cc1nc2c(N)ncnc2n1[C@@H]1O[C@H](CO)[C@@H](O[Si](C)(C)C(C)(C)C)[C@H]1O[Si](C)(C)C(C)(C)C. The highest BCUT2D eigenvalue weighted by Gasteiger charge is 2.54. The van der Waals surface area contributed by atoms with Crippen LogP contribution in [-0.4, -0.2) is 66.2 Å². The standard InChI is InChI=1S/C24H43N5O4Si2/c1-12-16-28-17-20(25)26-14-27-21(17)29(16)22-19(33-35(10,11)24(5,6)7)18(15(13-30)31-22)32-34(8,9)23(2,3)4/h12,14-15,18-19,22,30H,1,13H2,2-11H3,(H2,25,26,27)/t15-,18-,19-,22-/m1/s1. The molecule has 1 aliphatic heterocycles. The van der Waals surface area contributed by atoms with Gasteiger partial charge < -0.3 is 24.4 Å². The molecule has 2 aromatic heterocycles. The first-order valence-corrected chi connectivity index (χ1v) is 18.0. The van der Waals surface area contributed by atoms with Gasteiger partial charge in [-0.2, -0.15) is 0 Å². The van der Waals surface area contributed by atoms with E-state index in [0.717, 1.165) is 0 Å². The smallest absolute Gasteiger partial charge is 0.192 e. The number of rotatable bonds is 7. The predicted molar refractivity (Wildman–Crippen MR) is 145 cm³/mol. The Kier molecular flexibility index (Phi) is 7.46. The molecular formula is C24H43N5O4Si2. The maximum absolute atomic E-state index is 10.4. The van der Waals surface area contributed by atoms with Crippen molar-refractivity contribution in [2.45, 2.75) is 102 Å². The van der Waals surface area contributed by atoms with Gasteiger partial charge in [0.1, 0.15) is 30.5 Å². The average Bonchev–Trinajstić information content (AvgIpc) is 3.24. The van der Waals surface area contributed by atoms with E-state index in [0.29, 0.717) is 17.0 Å². The Hall–Kier alpha value is -1.64. The van der Waals surface area contributed by atoms with Crippen LogP contribution in [0.1, 0.15) is 53.6 Å². The molecule has 0 aromatic carbocycles. The summed E-state index contributed by atoms with van der Waals surface area (Å²) in [7, 11) is -4.52. The number of imidazole rings is 1.